The minimum Gasteiger partial charge on any atom is -0.307 e. The number of piperidine rings is 1. The molecule has 1 heterocycles. The molecule has 0 saturated carbocycles. The van der Waals surface area contributed by atoms with E-state index in [1.54, 1.807) is 12.1 Å². The van der Waals surface area contributed by atoms with Gasteiger partial charge in [0, 0.05) is 12.1 Å². The van der Waals surface area contributed by atoms with Gasteiger partial charge in [-0.15, -0.1) is 0 Å². The van der Waals surface area contributed by atoms with Gasteiger partial charge in [-0.1, -0.05) is 19.1 Å². The van der Waals surface area contributed by atoms with Gasteiger partial charge in [0.25, 0.3) is 0 Å². The largest absolute Gasteiger partial charge is 0.307 e. The first-order valence-corrected chi connectivity index (χ1v) is 9.06. The number of primary sulfonamides is 1. The standard InChI is InChI=1S/C15H25N3O2S/c1-3-18-10-8-14(9-11-18)17-12(2)13-4-6-15(7-5-13)21(16,19)20/h4-7,12,14,17H,3,8-11H2,1-2H3,(H2,16,19,20). The monoisotopic (exact) mass is 311 g/mol. The van der Waals surface area contributed by atoms with Crippen LogP contribution >= 0.6 is 0 Å². The second-order valence-electron chi connectivity index (χ2n) is 5.71. The molecule has 1 unspecified atom stereocenters. The molecule has 0 radical (unpaired) electrons. The van der Waals surface area contributed by atoms with E-state index in [4.69, 9.17) is 5.14 Å². The lowest BCUT2D eigenvalue weighted by Gasteiger charge is -2.33. The maximum Gasteiger partial charge on any atom is 0.238 e. The van der Waals surface area contributed by atoms with Crippen LogP contribution in [0.3, 0.4) is 0 Å². The van der Waals surface area contributed by atoms with Crippen molar-refractivity contribution < 1.29 is 8.42 Å². The molecule has 1 aliphatic rings. The summed E-state index contributed by atoms with van der Waals surface area (Å²) in [5, 5.41) is 8.74. The van der Waals surface area contributed by atoms with Crippen LogP contribution in [-0.2, 0) is 10.0 Å². The topological polar surface area (TPSA) is 75.4 Å². The Labute approximate surface area is 127 Å². The summed E-state index contributed by atoms with van der Waals surface area (Å²) in [6.45, 7) is 7.72. The number of nitrogens with zero attached hydrogens (tertiary/aromatic N) is 1. The predicted octanol–water partition coefficient (Wildman–Crippen LogP) is 1.47. The molecule has 0 aliphatic carbocycles. The van der Waals surface area contributed by atoms with Crippen molar-refractivity contribution in [3.05, 3.63) is 29.8 Å². The van der Waals surface area contributed by atoms with E-state index in [1.165, 1.54) is 0 Å². The zero-order valence-corrected chi connectivity index (χ0v) is 13.6. The van der Waals surface area contributed by atoms with Gasteiger partial charge < -0.3 is 10.2 Å². The summed E-state index contributed by atoms with van der Waals surface area (Å²) in [4.78, 5) is 2.62. The average Bonchev–Trinajstić information content (AvgIpc) is 2.47. The van der Waals surface area contributed by atoms with E-state index < -0.39 is 10.0 Å². The van der Waals surface area contributed by atoms with Gasteiger partial charge in [-0.2, -0.15) is 0 Å². The maximum atomic E-state index is 11.2. The fraction of sp³-hybridized carbons (Fsp3) is 0.600. The van der Waals surface area contributed by atoms with Gasteiger partial charge in [-0.25, -0.2) is 13.6 Å². The Morgan fingerprint density at radius 1 is 1.29 bits per heavy atom. The van der Waals surface area contributed by atoms with Gasteiger partial charge in [-0.05, 0) is 57.1 Å². The lowest BCUT2D eigenvalue weighted by atomic mass is 10.0. The highest BCUT2D eigenvalue weighted by Crippen LogP contribution is 2.19. The second kappa shape index (κ2) is 6.87. The number of likely N-dealkylation sites (tertiary alicyclic amines) is 1. The summed E-state index contributed by atoms with van der Waals surface area (Å²) in [5.41, 5.74) is 1.08. The number of rotatable bonds is 5. The summed E-state index contributed by atoms with van der Waals surface area (Å²) in [6.07, 6.45) is 2.32. The van der Waals surface area contributed by atoms with Crippen LogP contribution < -0.4 is 10.5 Å². The Bertz CT molecular complexity index is 549. The molecule has 1 fully saturated rings. The molecule has 21 heavy (non-hydrogen) atoms. The van der Waals surface area contributed by atoms with E-state index in [-0.39, 0.29) is 10.9 Å². The molecule has 2 rings (SSSR count). The van der Waals surface area contributed by atoms with Crippen LogP contribution in [0.1, 0.15) is 38.3 Å². The van der Waals surface area contributed by atoms with E-state index >= 15 is 0 Å². The first kappa shape index (κ1) is 16.4. The Balaban J connectivity index is 1.93. The highest BCUT2D eigenvalue weighted by molar-refractivity contribution is 7.89. The average molecular weight is 311 g/mol. The normalized spacial score (nSPS) is 19.6. The molecular formula is C15H25N3O2S. The number of nitrogens with two attached hydrogens (primary N) is 1. The third-order valence-corrected chi connectivity index (χ3v) is 5.16. The summed E-state index contributed by atoms with van der Waals surface area (Å²) < 4.78 is 22.5. The van der Waals surface area contributed by atoms with Crippen LogP contribution in [0, 0.1) is 0 Å². The summed E-state index contributed by atoms with van der Waals surface area (Å²) in [5.74, 6) is 0. The molecule has 1 aliphatic heterocycles. The fourth-order valence-electron chi connectivity index (χ4n) is 2.81. The number of nitrogens with one attached hydrogen (secondary N) is 1. The van der Waals surface area contributed by atoms with Crippen LogP contribution in [0.15, 0.2) is 29.2 Å². The van der Waals surface area contributed by atoms with Crippen molar-refractivity contribution in [2.24, 2.45) is 5.14 Å². The molecular weight excluding hydrogens is 286 g/mol. The van der Waals surface area contributed by atoms with E-state index in [0.717, 1.165) is 38.0 Å². The Hall–Kier alpha value is -0.950. The van der Waals surface area contributed by atoms with E-state index in [0.29, 0.717) is 6.04 Å². The molecule has 0 spiro atoms. The van der Waals surface area contributed by atoms with Crippen molar-refractivity contribution in [1.82, 2.24) is 10.2 Å². The Kier molecular flexibility index (Phi) is 5.37. The first-order valence-electron chi connectivity index (χ1n) is 7.51. The van der Waals surface area contributed by atoms with Gasteiger partial charge in [0.2, 0.25) is 10.0 Å². The van der Waals surface area contributed by atoms with Crippen molar-refractivity contribution in [3.8, 4) is 0 Å². The number of benzene rings is 1. The first-order chi connectivity index (χ1) is 9.90. The third kappa shape index (κ3) is 4.51. The molecule has 1 atom stereocenters. The van der Waals surface area contributed by atoms with Gasteiger partial charge in [-0.3, -0.25) is 0 Å². The quantitative estimate of drug-likeness (QED) is 0.863. The molecule has 3 N–H and O–H groups in total. The molecule has 0 aromatic heterocycles. The number of sulfonamides is 1. The van der Waals surface area contributed by atoms with Gasteiger partial charge in [0.1, 0.15) is 0 Å². The van der Waals surface area contributed by atoms with Crippen molar-refractivity contribution >= 4 is 10.0 Å². The van der Waals surface area contributed by atoms with Gasteiger partial charge in [0.05, 0.1) is 4.90 Å². The number of hydrogen-bond acceptors (Lipinski definition) is 4. The van der Waals surface area contributed by atoms with E-state index in [2.05, 4.69) is 24.1 Å². The molecule has 0 amide bonds. The van der Waals surface area contributed by atoms with Crippen LogP contribution in [0.5, 0.6) is 0 Å². The van der Waals surface area contributed by atoms with Crippen molar-refractivity contribution in [2.75, 3.05) is 19.6 Å². The molecule has 1 saturated heterocycles. The van der Waals surface area contributed by atoms with E-state index in [1.807, 2.05) is 12.1 Å². The Morgan fingerprint density at radius 2 is 1.86 bits per heavy atom. The third-order valence-electron chi connectivity index (χ3n) is 4.23. The fourth-order valence-corrected chi connectivity index (χ4v) is 3.33. The second-order valence-corrected chi connectivity index (χ2v) is 7.27. The zero-order valence-electron chi connectivity index (χ0n) is 12.7. The van der Waals surface area contributed by atoms with Crippen molar-refractivity contribution in [2.45, 2.75) is 43.7 Å². The summed E-state index contributed by atoms with van der Waals surface area (Å²) in [6, 6.07) is 7.54. The molecule has 6 heteroatoms. The molecule has 1 aromatic rings. The SMILES string of the molecule is CCN1CCC(NC(C)c2ccc(S(N)(=O)=O)cc2)CC1. The van der Waals surface area contributed by atoms with Crippen LogP contribution in [0.4, 0.5) is 0 Å². The van der Waals surface area contributed by atoms with Gasteiger partial charge >= 0.3 is 0 Å². The minimum absolute atomic E-state index is 0.162. The highest BCUT2D eigenvalue weighted by Gasteiger charge is 2.20. The van der Waals surface area contributed by atoms with Crippen LogP contribution in [-0.4, -0.2) is 39.0 Å². The zero-order chi connectivity index (χ0) is 15.5. The summed E-state index contributed by atoms with van der Waals surface area (Å²) in [7, 11) is -3.61. The molecule has 0 bridgehead atoms. The molecule has 1 aromatic carbocycles. The van der Waals surface area contributed by atoms with Crippen LogP contribution in [0.2, 0.25) is 0 Å². The molecule has 5 nitrogen and oxygen atoms in total. The lowest BCUT2D eigenvalue weighted by molar-refractivity contribution is 0.200. The van der Waals surface area contributed by atoms with Crippen LogP contribution in [0.25, 0.3) is 0 Å². The van der Waals surface area contributed by atoms with E-state index in [9.17, 15) is 8.42 Å². The van der Waals surface area contributed by atoms with Crippen molar-refractivity contribution in [1.29, 1.82) is 0 Å². The predicted molar refractivity (Wildman–Crippen MR) is 84.5 cm³/mol. The summed E-state index contributed by atoms with van der Waals surface area (Å²) >= 11 is 0. The molecule has 118 valence electrons. The Morgan fingerprint density at radius 3 is 2.33 bits per heavy atom. The van der Waals surface area contributed by atoms with Crippen molar-refractivity contribution in [3.63, 3.8) is 0 Å². The lowest BCUT2D eigenvalue weighted by Crippen LogP contribution is -2.43. The maximum absolute atomic E-state index is 11.2. The van der Waals surface area contributed by atoms with Gasteiger partial charge in [0.15, 0.2) is 0 Å². The highest BCUT2D eigenvalue weighted by atomic mass is 32.2. The number of hydrogen-bond donors (Lipinski definition) is 2. The smallest absolute Gasteiger partial charge is 0.238 e. The minimum atomic E-state index is -3.61.